The molecule has 0 bridgehead atoms. The zero-order valence-electron chi connectivity index (χ0n) is 9.21. The standard InChI is InChI=1S/C12H15IO2/c1-12(2,3)11(14)15-10-6-4-9(8-13)5-7-10/h4-7H,8H2,1-3H3. The second kappa shape index (κ2) is 4.96. The van der Waals surface area contributed by atoms with E-state index in [1.54, 1.807) is 0 Å². The fourth-order valence-electron chi connectivity index (χ4n) is 0.907. The molecule has 0 aromatic heterocycles. The average Bonchev–Trinajstić information content (AvgIpc) is 2.17. The van der Waals surface area contributed by atoms with Crippen LogP contribution in [0.15, 0.2) is 24.3 Å². The van der Waals surface area contributed by atoms with Gasteiger partial charge in [0.15, 0.2) is 0 Å². The van der Waals surface area contributed by atoms with Gasteiger partial charge in [0.25, 0.3) is 0 Å². The van der Waals surface area contributed by atoms with Crippen molar-refractivity contribution in [3.8, 4) is 5.75 Å². The van der Waals surface area contributed by atoms with Gasteiger partial charge in [-0.3, -0.25) is 4.79 Å². The van der Waals surface area contributed by atoms with Crippen LogP contribution in [0.3, 0.4) is 0 Å². The van der Waals surface area contributed by atoms with Gasteiger partial charge in [0.1, 0.15) is 5.75 Å². The highest BCUT2D eigenvalue weighted by molar-refractivity contribution is 14.1. The van der Waals surface area contributed by atoms with Gasteiger partial charge < -0.3 is 4.74 Å². The number of carbonyl (C=O) groups is 1. The molecule has 0 fully saturated rings. The summed E-state index contributed by atoms with van der Waals surface area (Å²) in [5.41, 5.74) is 0.772. The Bertz CT molecular complexity index is 336. The van der Waals surface area contributed by atoms with E-state index in [1.807, 2.05) is 45.0 Å². The van der Waals surface area contributed by atoms with E-state index in [4.69, 9.17) is 4.74 Å². The van der Waals surface area contributed by atoms with Gasteiger partial charge in [-0.15, -0.1) is 0 Å². The van der Waals surface area contributed by atoms with Gasteiger partial charge in [-0.25, -0.2) is 0 Å². The summed E-state index contributed by atoms with van der Waals surface area (Å²) in [6.45, 7) is 5.53. The Morgan fingerprint density at radius 2 is 1.80 bits per heavy atom. The minimum absolute atomic E-state index is 0.204. The van der Waals surface area contributed by atoms with Gasteiger partial charge in [-0.1, -0.05) is 34.7 Å². The molecule has 0 aliphatic heterocycles. The van der Waals surface area contributed by atoms with Crippen LogP contribution in [-0.2, 0) is 9.22 Å². The lowest BCUT2D eigenvalue weighted by molar-refractivity contribution is -0.142. The predicted octanol–water partition coefficient (Wildman–Crippen LogP) is 3.57. The summed E-state index contributed by atoms with van der Waals surface area (Å²) < 4.78 is 6.20. The molecule has 82 valence electrons. The van der Waals surface area contributed by atoms with Gasteiger partial charge in [0.2, 0.25) is 0 Å². The molecular weight excluding hydrogens is 303 g/mol. The Hall–Kier alpha value is -0.580. The molecule has 0 N–H and O–H groups in total. The van der Waals surface area contributed by atoms with E-state index in [-0.39, 0.29) is 5.97 Å². The van der Waals surface area contributed by atoms with E-state index in [0.717, 1.165) is 4.43 Å². The normalized spacial score (nSPS) is 11.2. The van der Waals surface area contributed by atoms with Gasteiger partial charge in [0, 0.05) is 4.43 Å². The van der Waals surface area contributed by atoms with Crippen LogP contribution in [0, 0.1) is 5.41 Å². The molecular formula is C12H15IO2. The summed E-state index contributed by atoms with van der Waals surface area (Å²) in [4.78, 5) is 11.6. The fourth-order valence-corrected chi connectivity index (χ4v) is 1.42. The zero-order chi connectivity index (χ0) is 11.5. The first-order chi connectivity index (χ1) is 6.93. The van der Waals surface area contributed by atoms with E-state index in [9.17, 15) is 4.79 Å². The number of esters is 1. The van der Waals surface area contributed by atoms with Crippen LogP contribution in [0.25, 0.3) is 0 Å². The van der Waals surface area contributed by atoms with Crippen molar-refractivity contribution in [3.05, 3.63) is 29.8 Å². The summed E-state index contributed by atoms with van der Waals surface area (Å²) in [5, 5.41) is 0. The Balaban J connectivity index is 2.70. The third kappa shape index (κ3) is 3.81. The highest BCUT2D eigenvalue weighted by atomic mass is 127. The molecule has 1 rings (SSSR count). The first-order valence-electron chi connectivity index (χ1n) is 4.80. The van der Waals surface area contributed by atoms with Crippen molar-refractivity contribution in [2.45, 2.75) is 25.2 Å². The number of rotatable bonds is 2. The third-order valence-corrected chi connectivity index (χ3v) is 2.78. The van der Waals surface area contributed by atoms with Gasteiger partial charge in [0.05, 0.1) is 5.41 Å². The summed E-state index contributed by atoms with van der Waals surface area (Å²) >= 11 is 2.30. The highest BCUT2D eigenvalue weighted by Gasteiger charge is 2.23. The maximum atomic E-state index is 11.6. The maximum Gasteiger partial charge on any atom is 0.316 e. The molecule has 0 atom stereocenters. The number of alkyl halides is 1. The lowest BCUT2D eigenvalue weighted by atomic mass is 9.97. The lowest BCUT2D eigenvalue weighted by Crippen LogP contribution is -2.25. The largest absolute Gasteiger partial charge is 0.426 e. The Labute approximate surface area is 104 Å². The predicted molar refractivity (Wildman–Crippen MR) is 69.3 cm³/mol. The molecule has 0 saturated carbocycles. The van der Waals surface area contributed by atoms with Gasteiger partial charge >= 0.3 is 5.97 Å². The van der Waals surface area contributed by atoms with Crippen LogP contribution in [-0.4, -0.2) is 5.97 Å². The molecule has 0 aliphatic rings. The summed E-state index contributed by atoms with van der Waals surface area (Å²) in [5.74, 6) is 0.410. The quantitative estimate of drug-likeness (QED) is 0.361. The van der Waals surface area contributed by atoms with Gasteiger partial charge in [-0.05, 0) is 38.5 Å². The molecule has 0 saturated heterocycles. The lowest BCUT2D eigenvalue weighted by Gasteiger charge is -2.16. The van der Waals surface area contributed by atoms with Crippen LogP contribution in [0.5, 0.6) is 5.75 Å². The molecule has 0 radical (unpaired) electrons. The molecule has 0 amide bonds. The summed E-state index contributed by atoms with van der Waals surface area (Å²) in [6, 6.07) is 7.60. The molecule has 3 heteroatoms. The monoisotopic (exact) mass is 318 g/mol. The molecule has 0 heterocycles. The molecule has 0 spiro atoms. The third-order valence-electron chi connectivity index (χ3n) is 1.90. The van der Waals surface area contributed by atoms with Crippen LogP contribution in [0.2, 0.25) is 0 Å². The summed E-state index contributed by atoms with van der Waals surface area (Å²) in [6.07, 6.45) is 0. The van der Waals surface area contributed by atoms with Crippen molar-refractivity contribution < 1.29 is 9.53 Å². The Kier molecular flexibility index (Phi) is 4.13. The van der Waals surface area contributed by atoms with Crippen molar-refractivity contribution in [1.82, 2.24) is 0 Å². The Morgan fingerprint density at radius 3 is 2.20 bits per heavy atom. The summed E-state index contributed by atoms with van der Waals surface area (Å²) in [7, 11) is 0. The topological polar surface area (TPSA) is 26.3 Å². The van der Waals surface area contributed by atoms with Crippen LogP contribution in [0.4, 0.5) is 0 Å². The van der Waals surface area contributed by atoms with Gasteiger partial charge in [-0.2, -0.15) is 0 Å². The van der Waals surface area contributed by atoms with Crippen molar-refractivity contribution >= 4 is 28.6 Å². The number of halogens is 1. The second-order valence-corrected chi connectivity index (χ2v) is 5.18. The Morgan fingerprint density at radius 1 is 1.27 bits per heavy atom. The molecule has 1 aromatic carbocycles. The minimum atomic E-state index is -0.456. The smallest absolute Gasteiger partial charge is 0.316 e. The van der Waals surface area contributed by atoms with E-state index in [0.29, 0.717) is 5.75 Å². The van der Waals surface area contributed by atoms with Crippen molar-refractivity contribution in [3.63, 3.8) is 0 Å². The van der Waals surface area contributed by atoms with E-state index < -0.39 is 5.41 Å². The first-order valence-corrected chi connectivity index (χ1v) is 6.33. The molecule has 0 unspecified atom stereocenters. The van der Waals surface area contributed by atoms with Crippen molar-refractivity contribution in [2.75, 3.05) is 0 Å². The zero-order valence-corrected chi connectivity index (χ0v) is 11.4. The second-order valence-electron chi connectivity index (χ2n) is 4.42. The molecule has 2 nitrogen and oxygen atoms in total. The molecule has 0 aliphatic carbocycles. The first kappa shape index (κ1) is 12.5. The number of benzene rings is 1. The van der Waals surface area contributed by atoms with Crippen molar-refractivity contribution in [2.24, 2.45) is 5.41 Å². The number of hydrogen-bond donors (Lipinski definition) is 0. The molecule has 15 heavy (non-hydrogen) atoms. The number of ether oxygens (including phenoxy) is 1. The average molecular weight is 318 g/mol. The number of hydrogen-bond acceptors (Lipinski definition) is 2. The fraction of sp³-hybridized carbons (Fsp3) is 0.417. The molecule has 1 aromatic rings. The number of carbonyl (C=O) groups excluding carboxylic acids is 1. The SMILES string of the molecule is CC(C)(C)C(=O)Oc1ccc(CI)cc1. The van der Waals surface area contributed by atoms with Crippen LogP contribution in [0.1, 0.15) is 26.3 Å². The van der Waals surface area contributed by atoms with Crippen LogP contribution >= 0.6 is 22.6 Å². The highest BCUT2D eigenvalue weighted by Crippen LogP contribution is 2.20. The van der Waals surface area contributed by atoms with E-state index >= 15 is 0 Å². The van der Waals surface area contributed by atoms with Crippen molar-refractivity contribution in [1.29, 1.82) is 0 Å². The minimum Gasteiger partial charge on any atom is -0.426 e. The van der Waals surface area contributed by atoms with E-state index in [2.05, 4.69) is 22.6 Å². The van der Waals surface area contributed by atoms with E-state index in [1.165, 1.54) is 5.56 Å². The maximum absolute atomic E-state index is 11.6. The van der Waals surface area contributed by atoms with Crippen LogP contribution < -0.4 is 4.74 Å².